The molecule has 4 rings (SSSR count). The molecule has 43 heavy (non-hydrogen) atoms. The second-order valence-electron chi connectivity index (χ2n) is 9.03. The number of hydrogen-bond donors (Lipinski definition) is 4. The van der Waals surface area contributed by atoms with Crippen LogP contribution >= 0.6 is 0 Å². The van der Waals surface area contributed by atoms with Gasteiger partial charge in [-0.1, -0.05) is 26.8 Å². The molecular weight excluding hydrogens is 570 g/mol. The number of rotatable bonds is 12. The van der Waals surface area contributed by atoms with Crippen molar-refractivity contribution in [1.29, 1.82) is 0 Å². The van der Waals surface area contributed by atoms with Gasteiger partial charge in [0.05, 0.1) is 24.9 Å². The standard InChI is InChI=1S/C29H31N5O6S.C2H6/c1-4-41(37,38)26-10-7-21(33-17-35)14-20(26)16-32-29(36)27(19-5-9-24(39-2)25(15-19)40-3)34-22-6-8-23-18(13-22)11-12-31-28(23)30;1-2/h5-15,17,27,34H,4,16H2,1-3H3,(H2,30,31)(H,32,36)(H,33,35);1-2H3/t27-;/m0./s1. The first-order valence-corrected chi connectivity index (χ1v) is 15.3. The number of nitrogens with zero attached hydrogens (tertiary/aromatic N) is 1. The fourth-order valence-electron chi connectivity index (χ4n) is 4.41. The highest BCUT2D eigenvalue weighted by Gasteiger charge is 2.24. The highest BCUT2D eigenvalue weighted by molar-refractivity contribution is 7.91. The van der Waals surface area contributed by atoms with Crippen molar-refractivity contribution in [2.75, 3.05) is 36.3 Å². The predicted octanol–water partition coefficient (Wildman–Crippen LogP) is 4.69. The maximum Gasteiger partial charge on any atom is 0.247 e. The van der Waals surface area contributed by atoms with Gasteiger partial charge in [0.15, 0.2) is 21.3 Å². The second kappa shape index (κ2) is 14.9. The average molecular weight is 608 g/mol. The van der Waals surface area contributed by atoms with Gasteiger partial charge in [0.2, 0.25) is 12.3 Å². The molecule has 0 spiro atoms. The van der Waals surface area contributed by atoms with Crippen molar-refractivity contribution in [3.05, 3.63) is 78.0 Å². The summed E-state index contributed by atoms with van der Waals surface area (Å²) in [7, 11) is -0.578. The maximum absolute atomic E-state index is 13.7. The zero-order valence-corrected chi connectivity index (χ0v) is 25.6. The molecule has 0 saturated carbocycles. The first-order valence-electron chi connectivity index (χ1n) is 13.7. The summed E-state index contributed by atoms with van der Waals surface area (Å²) in [5.74, 6) is 0.781. The normalized spacial score (nSPS) is 11.5. The molecule has 0 saturated heterocycles. The lowest BCUT2D eigenvalue weighted by Crippen LogP contribution is -2.33. The number of methoxy groups -OCH3 is 2. The van der Waals surface area contributed by atoms with E-state index in [0.29, 0.717) is 46.2 Å². The largest absolute Gasteiger partial charge is 0.493 e. The zero-order valence-electron chi connectivity index (χ0n) is 24.8. The van der Waals surface area contributed by atoms with E-state index < -0.39 is 21.8 Å². The molecule has 4 aromatic rings. The van der Waals surface area contributed by atoms with Gasteiger partial charge in [-0.3, -0.25) is 9.59 Å². The van der Waals surface area contributed by atoms with E-state index in [0.717, 1.165) is 10.8 Å². The first-order chi connectivity index (χ1) is 20.7. The summed E-state index contributed by atoms with van der Waals surface area (Å²) in [6.45, 7) is 5.44. The van der Waals surface area contributed by atoms with Gasteiger partial charge in [0.25, 0.3) is 0 Å². The van der Waals surface area contributed by atoms with E-state index in [2.05, 4.69) is 20.9 Å². The lowest BCUT2D eigenvalue weighted by molar-refractivity contribution is -0.122. The van der Waals surface area contributed by atoms with E-state index in [1.165, 1.54) is 32.4 Å². The van der Waals surface area contributed by atoms with Crippen molar-refractivity contribution in [3.63, 3.8) is 0 Å². The molecule has 12 heteroatoms. The van der Waals surface area contributed by atoms with E-state index in [4.69, 9.17) is 15.2 Å². The van der Waals surface area contributed by atoms with Crippen LogP contribution in [0.2, 0.25) is 0 Å². The Bertz CT molecular complexity index is 1690. The molecule has 1 atom stereocenters. The molecule has 0 unspecified atom stereocenters. The molecule has 228 valence electrons. The Morgan fingerprint density at radius 3 is 2.37 bits per heavy atom. The van der Waals surface area contributed by atoms with Crippen LogP contribution in [0.5, 0.6) is 11.5 Å². The average Bonchev–Trinajstić information content (AvgIpc) is 3.03. The van der Waals surface area contributed by atoms with Gasteiger partial charge in [-0.05, 0) is 71.1 Å². The number of amides is 2. The number of pyridine rings is 1. The smallest absolute Gasteiger partial charge is 0.247 e. The summed E-state index contributed by atoms with van der Waals surface area (Å²) in [4.78, 5) is 28.9. The Hall–Kier alpha value is -4.84. The molecule has 0 radical (unpaired) electrons. The number of sulfone groups is 1. The Balaban J connectivity index is 0.00000248. The van der Waals surface area contributed by atoms with E-state index in [1.807, 2.05) is 32.0 Å². The van der Waals surface area contributed by atoms with Crippen molar-refractivity contribution in [1.82, 2.24) is 10.3 Å². The number of benzene rings is 3. The zero-order chi connectivity index (χ0) is 31.6. The predicted molar refractivity (Wildman–Crippen MR) is 169 cm³/mol. The van der Waals surface area contributed by atoms with E-state index in [9.17, 15) is 18.0 Å². The highest BCUT2D eigenvalue weighted by atomic mass is 32.2. The molecule has 0 fully saturated rings. The molecule has 3 aromatic carbocycles. The molecule has 0 aliphatic heterocycles. The number of nitrogens with one attached hydrogen (secondary N) is 3. The fourth-order valence-corrected chi connectivity index (χ4v) is 5.53. The molecule has 1 heterocycles. The summed E-state index contributed by atoms with van der Waals surface area (Å²) in [6.07, 6.45) is 2.10. The number of carbonyl (C=O) groups is 2. The molecule has 1 aromatic heterocycles. The number of nitrogens with two attached hydrogens (primary N) is 1. The van der Waals surface area contributed by atoms with E-state index in [-0.39, 0.29) is 17.2 Å². The Labute approximate surface area is 251 Å². The van der Waals surface area contributed by atoms with Crippen LogP contribution in [-0.4, -0.2) is 45.7 Å². The van der Waals surface area contributed by atoms with Crippen LogP contribution in [0.1, 0.15) is 37.9 Å². The van der Waals surface area contributed by atoms with Crippen LogP contribution < -0.4 is 31.2 Å². The molecular formula is C31H37N5O6S. The maximum atomic E-state index is 13.7. The molecule has 0 aliphatic carbocycles. The number of anilines is 3. The van der Waals surface area contributed by atoms with Crippen molar-refractivity contribution in [3.8, 4) is 11.5 Å². The minimum atomic E-state index is -3.60. The Morgan fingerprint density at radius 1 is 0.977 bits per heavy atom. The Morgan fingerprint density at radius 2 is 1.70 bits per heavy atom. The second-order valence-corrected chi connectivity index (χ2v) is 11.3. The lowest BCUT2D eigenvalue weighted by Gasteiger charge is -2.22. The third-order valence-electron chi connectivity index (χ3n) is 6.56. The van der Waals surface area contributed by atoms with Crippen molar-refractivity contribution >= 4 is 50.1 Å². The summed E-state index contributed by atoms with van der Waals surface area (Å²) in [6, 6.07) is 16.0. The number of carbonyl (C=O) groups excluding carboxylic acids is 2. The van der Waals surface area contributed by atoms with Crippen LogP contribution in [0.15, 0.2) is 71.8 Å². The molecule has 0 bridgehead atoms. The third kappa shape index (κ3) is 7.72. The summed E-state index contributed by atoms with van der Waals surface area (Å²) in [5, 5.41) is 10.3. The first kappa shape index (κ1) is 32.7. The van der Waals surface area contributed by atoms with Gasteiger partial charge >= 0.3 is 0 Å². The molecule has 11 nitrogen and oxygen atoms in total. The number of hydrogen-bond acceptors (Lipinski definition) is 9. The molecule has 2 amide bonds. The van der Waals surface area contributed by atoms with Gasteiger partial charge < -0.3 is 31.2 Å². The van der Waals surface area contributed by atoms with Gasteiger partial charge in [0, 0.05) is 29.5 Å². The van der Waals surface area contributed by atoms with Gasteiger partial charge in [-0.25, -0.2) is 13.4 Å². The Kier molecular flexibility index (Phi) is 11.3. The van der Waals surface area contributed by atoms with Crippen LogP contribution in [0.4, 0.5) is 17.2 Å². The van der Waals surface area contributed by atoms with Crippen molar-refractivity contribution in [2.24, 2.45) is 0 Å². The SMILES string of the molecule is CC.CCS(=O)(=O)c1ccc(NC=O)cc1CNC(=O)[C@@H](Nc1ccc2c(N)nccc2c1)c1ccc(OC)c(OC)c1. The highest BCUT2D eigenvalue weighted by Crippen LogP contribution is 2.32. The number of ether oxygens (including phenoxy) is 2. The van der Waals surface area contributed by atoms with Crippen LogP contribution in [0.25, 0.3) is 10.8 Å². The van der Waals surface area contributed by atoms with Crippen LogP contribution in [0, 0.1) is 0 Å². The monoisotopic (exact) mass is 607 g/mol. The van der Waals surface area contributed by atoms with Gasteiger partial charge in [0.1, 0.15) is 11.9 Å². The van der Waals surface area contributed by atoms with Crippen molar-refractivity contribution < 1.29 is 27.5 Å². The summed E-state index contributed by atoms with van der Waals surface area (Å²) >= 11 is 0. The number of fused-ring (bicyclic) bond motifs is 1. The van der Waals surface area contributed by atoms with E-state index in [1.54, 1.807) is 37.4 Å². The molecule has 0 aliphatic rings. The minimum Gasteiger partial charge on any atom is -0.493 e. The summed E-state index contributed by atoms with van der Waals surface area (Å²) in [5.41, 5.74) is 7.96. The summed E-state index contributed by atoms with van der Waals surface area (Å²) < 4.78 is 36.3. The number of aromatic nitrogens is 1. The molecule has 5 N–H and O–H groups in total. The lowest BCUT2D eigenvalue weighted by atomic mass is 10.0. The van der Waals surface area contributed by atoms with E-state index >= 15 is 0 Å². The topological polar surface area (TPSA) is 162 Å². The van der Waals surface area contributed by atoms with Crippen LogP contribution in [-0.2, 0) is 26.0 Å². The third-order valence-corrected chi connectivity index (χ3v) is 8.39. The quantitative estimate of drug-likeness (QED) is 0.167. The number of nitrogen functional groups attached to an aromatic ring is 1. The minimum absolute atomic E-state index is 0.0769. The van der Waals surface area contributed by atoms with Crippen molar-refractivity contribution in [2.45, 2.75) is 38.3 Å². The van der Waals surface area contributed by atoms with Crippen LogP contribution in [0.3, 0.4) is 0 Å². The fraction of sp³-hybridized carbons (Fsp3) is 0.258. The van der Waals surface area contributed by atoms with Gasteiger partial charge in [-0.2, -0.15) is 0 Å². The van der Waals surface area contributed by atoms with Gasteiger partial charge in [-0.15, -0.1) is 0 Å².